The van der Waals surface area contributed by atoms with Crippen molar-refractivity contribution in [2.24, 2.45) is 16.5 Å². The van der Waals surface area contributed by atoms with E-state index in [4.69, 9.17) is 48.9 Å². The molecule has 3 rings (SSSR count). The van der Waals surface area contributed by atoms with Crippen molar-refractivity contribution >= 4 is 51.6 Å². The molecule has 9 nitrogen and oxygen atoms in total. The number of nitrogens with one attached hydrogen (secondary N) is 2. The third-order valence-electron chi connectivity index (χ3n) is 5.57. The number of rotatable bonds is 11. The van der Waals surface area contributed by atoms with E-state index >= 15 is 0 Å². The first kappa shape index (κ1) is 30.0. The lowest BCUT2D eigenvalue weighted by Crippen LogP contribution is -2.52. The summed E-state index contributed by atoms with van der Waals surface area (Å²) in [6.07, 6.45) is -3.24. The van der Waals surface area contributed by atoms with E-state index in [2.05, 4.69) is 15.3 Å². The highest BCUT2D eigenvalue weighted by Crippen LogP contribution is 2.41. The van der Waals surface area contributed by atoms with Crippen molar-refractivity contribution in [3.63, 3.8) is 0 Å². The summed E-state index contributed by atoms with van der Waals surface area (Å²) in [4.78, 5) is 18.0. The number of hydrogen-bond donors (Lipinski definition) is 4. The first-order chi connectivity index (χ1) is 17.9. The molecule has 1 fully saturated rings. The van der Waals surface area contributed by atoms with Gasteiger partial charge in [-0.25, -0.2) is 4.99 Å². The van der Waals surface area contributed by atoms with Crippen LogP contribution in [0, 0.1) is 0 Å². The van der Waals surface area contributed by atoms with Crippen LogP contribution in [0.15, 0.2) is 45.8 Å². The molecule has 208 valence electrons. The Hall–Kier alpha value is -2.55. The minimum absolute atomic E-state index is 0.0447. The van der Waals surface area contributed by atoms with Gasteiger partial charge in [0.05, 0.1) is 51.1 Å². The molecular formula is C23H26Cl2F3N5O4S. The largest absolute Gasteiger partial charge is 0.418 e. The van der Waals surface area contributed by atoms with Crippen molar-refractivity contribution in [1.82, 2.24) is 10.3 Å². The lowest BCUT2D eigenvalue weighted by atomic mass is 10.0. The number of H-pyrrole nitrogens is 1. The molecule has 1 aromatic carbocycles. The van der Waals surface area contributed by atoms with E-state index in [-0.39, 0.29) is 51.7 Å². The van der Waals surface area contributed by atoms with Crippen LogP contribution in [-0.2, 0) is 20.4 Å². The zero-order valence-electron chi connectivity index (χ0n) is 20.2. The molecule has 2 aromatic rings. The zero-order valence-corrected chi connectivity index (χ0v) is 22.5. The Labute approximate surface area is 230 Å². The fourth-order valence-electron chi connectivity index (χ4n) is 3.44. The van der Waals surface area contributed by atoms with Gasteiger partial charge in [0.2, 0.25) is 0 Å². The lowest BCUT2D eigenvalue weighted by Gasteiger charge is -2.38. The topological polar surface area (TPSA) is 137 Å². The molecule has 2 heterocycles. The smallest absolute Gasteiger partial charge is 0.405 e. The van der Waals surface area contributed by atoms with Crippen molar-refractivity contribution < 1.29 is 27.4 Å². The van der Waals surface area contributed by atoms with Crippen molar-refractivity contribution in [1.29, 1.82) is 0 Å². The fraction of sp³-hybridized carbons (Fsp3) is 0.391. The SMILES string of the molecule is CO[C@@H](CN/C=C(\N)c1csc(=O)[nH]1)C(OC1COC1C)C(/C=C\N)=Nc1cc(Cl)c(Cl)cc1C(F)(F)F. The second-order valence-electron chi connectivity index (χ2n) is 8.15. The molecule has 15 heteroatoms. The van der Waals surface area contributed by atoms with Gasteiger partial charge in [0, 0.05) is 25.2 Å². The Morgan fingerprint density at radius 3 is 2.63 bits per heavy atom. The second-order valence-corrected chi connectivity index (χ2v) is 9.81. The van der Waals surface area contributed by atoms with Crippen molar-refractivity contribution in [2.45, 2.75) is 37.5 Å². The first-order valence-corrected chi connectivity index (χ1v) is 12.8. The van der Waals surface area contributed by atoms with Gasteiger partial charge in [-0.2, -0.15) is 13.2 Å². The summed E-state index contributed by atoms with van der Waals surface area (Å²) < 4.78 is 58.6. The molecule has 38 heavy (non-hydrogen) atoms. The molecule has 0 bridgehead atoms. The number of halogens is 5. The van der Waals surface area contributed by atoms with E-state index in [1.165, 1.54) is 19.4 Å². The molecule has 0 spiro atoms. The molecule has 3 unspecified atom stereocenters. The van der Waals surface area contributed by atoms with Crippen LogP contribution >= 0.6 is 34.5 Å². The third kappa shape index (κ3) is 7.52. The number of nitrogens with zero attached hydrogens (tertiary/aromatic N) is 1. The molecule has 1 saturated heterocycles. The van der Waals surface area contributed by atoms with Gasteiger partial charge >= 0.3 is 11.0 Å². The average Bonchev–Trinajstić information content (AvgIpc) is 3.29. The molecule has 1 aromatic heterocycles. The van der Waals surface area contributed by atoms with Gasteiger partial charge in [0.1, 0.15) is 18.3 Å². The molecular weight excluding hydrogens is 570 g/mol. The van der Waals surface area contributed by atoms with Crippen LogP contribution in [-0.4, -0.2) is 55.4 Å². The van der Waals surface area contributed by atoms with Crippen molar-refractivity contribution in [3.8, 4) is 0 Å². The number of thiazole rings is 1. The Morgan fingerprint density at radius 1 is 1.39 bits per heavy atom. The Kier molecular flexibility index (Phi) is 10.3. The van der Waals surface area contributed by atoms with Crippen LogP contribution in [0.4, 0.5) is 18.9 Å². The summed E-state index contributed by atoms with van der Waals surface area (Å²) in [5.41, 5.74) is 10.8. The number of alkyl halides is 3. The van der Waals surface area contributed by atoms with Crippen LogP contribution < -0.4 is 21.7 Å². The van der Waals surface area contributed by atoms with Crippen molar-refractivity contribution in [2.75, 3.05) is 20.3 Å². The molecule has 0 saturated carbocycles. The van der Waals surface area contributed by atoms with E-state index < -0.39 is 29.6 Å². The number of hydrogen-bond acceptors (Lipinski definition) is 9. The predicted octanol–water partition coefficient (Wildman–Crippen LogP) is 4.04. The normalized spacial score (nSPS) is 20.4. The molecule has 0 radical (unpaired) electrons. The van der Waals surface area contributed by atoms with E-state index in [1.54, 1.807) is 12.3 Å². The van der Waals surface area contributed by atoms with Gasteiger partial charge in [0.25, 0.3) is 0 Å². The molecule has 1 aliphatic heterocycles. The van der Waals surface area contributed by atoms with Crippen LogP contribution in [0.5, 0.6) is 0 Å². The van der Waals surface area contributed by atoms with Gasteiger partial charge in [-0.3, -0.25) is 4.79 Å². The zero-order chi connectivity index (χ0) is 28.0. The van der Waals surface area contributed by atoms with Crippen LogP contribution in [0.2, 0.25) is 10.0 Å². The van der Waals surface area contributed by atoms with E-state index in [0.29, 0.717) is 11.8 Å². The summed E-state index contributed by atoms with van der Waals surface area (Å²) in [5.74, 6) is 0. The monoisotopic (exact) mass is 595 g/mol. The highest BCUT2D eigenvalue weighted by molar-refractivity contribution is 7.07. The maximum atomic E-state index is 13.8. The lowest BCUT2D eigenvalue weighted by molar-refractivity contribution is -0.201. The molecule has 1 aliphatic rings. The number of aromatic nitrogens is 1. The maximum Gasteiger partial charge on any atom is 0.418 e. The number of aromatic amines is 1. The summed E-state index contributed by atoms with van der Waals surface area (Å²) in [5, 5.41) is 4.18. The number of ether oxygens (including phenoxy) is 3. The number of aliphatic imine (C=N–C) groups is 1. The minimum Gasteiger partial charge on any atom is -0.405 e. The van der Waals surface area contributed by atoms with Gasteiger partial charge < -0.3 is 36.0 Å². The van der Waals surface area contributed by atoms with Crippen molar-refractivity contribution in [3.05, 3.63) is 67.0 Å². The second kappa shape index (κ2) is 13.0. The van der Waals surface area contributed by atoms with E-state index in [0.717, 1.165) is 23.6 Å². The van der Waals surface area contributed by atoms with E-state index in [9.17, 15) is 18.0 Å². The van der Waals surface area contributed by atoms with Gasteiger partial charge in [-0.15, -0.1) is 0 Å². The average molecular weight is 596 g/mol. The molecule has 4 atom stereocenters. The predicted molar refractivity (Wildman–Crippen MR) is 142 cm³/mol. The first-order valence-electron chi connectivity index (χ1n) is 11.1. The summed E-state index contributed by atoms with van der Waals surface area (Å²) in [7, 11) is 1.41. The highest BCUT2D eigenvalue weighted by Gasteiger charge is 2.38. The molecule has 0 amide bonds. The van der Waals surface area contributed by atoms with E-state index in [1.807, 2.05) is 0 Å². The summed E-state index contributed by atoms with van der Waals surface area (Å²) in [6, 6.07) is 1.73. The number of benzene rings is 1. The highest BCUT2D eigenvalue weighted by atomic mass is 35.5. The van der Waals surface area contributed by atoms with Crippen LogP contribution in [0.3, 0.4) is 0 Å². The molecule has 6 N–H and O–H groups in total. The van der Waals surface area contributed by atoms with Gasteiger partial charge in [-0.05, 0) is 31.3 Å². The maximum absolute atomic E-state index is 13.8. The van der Waals surface area contributed by atoms with Gasteiger partial charge in [-0.1, -0.05) is 34.5 Å². The number of methoxy groups -OCH3 is 1. The third-order valence-corrected chi connectivity index (χ3v) is 6.96. The number of nitrogens with two attached hydrogens (primary N) is 2. The molecule has 0 aliphatic carbocycles. The van der Waals surface area contributed by atoms with Crippen LogP contribution in [0.1, 0.15) is 18.2 Å². The minimum atomic E-state index is -4.76. The Balaban J connectivity index is 1.98. The Bertz CT molecular complexity index is 1260. The summed E-state index contributed by atoms with van der Waals surface area (Å²) in [6.45, 7) is 2.18. The fourth-order valence-corrected chi connectivity index (χ4v) is 4.35. The Morgan fingerprint density at radius 2 is 2.11 bits per heavy atom. The van der Waals surface area contributed by atoms with Crippen LogP contribution in [0.25, 0.3) is 5.70 Å². The summed E-state index contributed by atoms with van der Waals surface area (Å²) >= 11 is 12.8. The quantitative estimate of drug-likeness (QED) is 0.288. The van der Waals surface area contributed by atoms with Gasteiger partial charge in [0.15, 0.2) is 0 Å². The standard InChI is InChI=1S/C23H26Cl2F3N5O4S/c1-11-20(9-36-11)37-21(19(35-2)8-31-7-15(30)18-10-38-22(34)33-18)16(3-4-29)32-17-6-14(25)13(24)5-12(17)23(26,27)28/h3-7,10-11,19-21,31H,8-9,29-30H2,1-2H3,(H,33,34)/b4-3-,15-7-,32-16?/t11?,19-,20?,21?/m0/s1.